The number of aliphatic hydroxyl groups is 1. The molecule has 5 nitrogen and oxygen atoms in total. The summed E-state index contributed by atoms with van der Waals surface area (Å²) in [6, 6.07) is -0.131. The molecule has 0 bridgehead atoms. The number of methoxy groups -OCH3 is 1. The molecule has 14 heavy (non-hydrogen) atoms. The van der Waals surface area contributed by atoms with Crippen LogP contribution in [0.4, 0.5) is 0 Å². The Morgan fingerprint density at radius 2 is 2.36 bits per heavy atom. The van der Waals surface area contributed by atoms with E-state index in [1.54, 1.807) is 0 Å². The van der Waals surface area contributed by atoms with Crippen LogP contribution in [0.5, 0.6) is 0 Å². The topological polar surface area (TPSA) is 81.8 Å². The molecule has 3 N–H and O–H groups in total. The van der Waals surface area contributed by atoms with Crippen LogP contribution in [-0.4, -0.2) is 43.0 Å². The third-order valence-electron chi connectivity index (χ3n) is 2.47. The second-order valence-corrected chi connectivity index (χ2v) is 3.50. The molecule has 0 aromatic heterocycles. The van der Waals surface area contributed by atoms with Crippen molar-refractivity contribution in [3.05, 3.63) is 0 Å². The van der Waals surface area contributed by atoms with Gasteiger partial charge < -0.3 is 20.3 Å². The van der Waals surface area contributed by atoms with Gasteiger partial charge in [0.1, 0.15) is 0 Å². The minimum atomic E-state index is -0.349. The van der Waals surface area contributed by atoms with Crippen LogP contribution in [0, 0.1) is 0 Å². The Balaban J connectivity index is 2.38. The van der Waals surface area contributed by atoms with Crippen molar-refractivity contribution >= 4 is 5.97 Å². The average Bonchev–Trinajstić information content (AvgIpc) is 2.20. The highest BCUT2D eigenvalue weighted by molar-refractivity contribution is 5.69. The highest BCUT2D eigenvalue weighted by Crippen LogP contribution is 2.20. The van der Waals surface area contributed by atoms with Crippen LogP contribution in [0.1, 0.15) is 19.3 Å². The monoisotopic (exact) mass is 203 g/mol. The summed E-state index contributed by atoms with van der Waals surface area (Å²) in [6.45, 7) is -0.0984. The Morgan fingerprint density at radius 3 is 2.93 bits per heavy atom. The van der Waals surface area contributed by atoms with E-state index in [0.29, 0.717) is 0 Å². The average molecular weight is 203 g/mol. The molecule has 0 unspecified atom stereocenters. The first-order valence-corrected chi connectivity index (χ1v) is 4.76. The summed E-state index contributed by atoms with van der Waals surface area (Å²) in [5.74, 6) is -0.290. The van der Waals surface area contributed by atoms with E-state index in [2.05, 4.69) is 4.74 Å². The molecule has 82 valence electrons. The molecule has 1 saturated heterocycles. The Labute approximate surface area is 83.2 Å². The Bertz CT molecular complexity index is 197. The van der Waals surface area contributed by atoms with Crippen LogP contribution in [0.15, 0.2) is 0 Å². The van der Waals surface area contributed by atoms with Crippen LogP contribution >= 0.6 is 0 Å². The van der Waals surface area contributed by atoms with Crippen LogP contribution in [0.2, 0.25) is 0 Å². The second-order valence-electron chi connectivity index (χ2n) is 3.50. The molecule has 0 aromatic rings. The first kappa shape index (κ1) is 11.4. The predicted molar refractivity (Wildman–Crippen MR) is 49.6 cm³/mol. The van der Waals surface area contributed by atoms with Gasteiger partial charge in [0.05, 0.1) is 32.3 Å². The van der Waals surface area contributed by atoms with Gasteiger partial charge in [0.2, 0.25) is 0 Å². The highest BCUT2D eigenvalue weighted by atomic mass is 16.5. The third-order valence-corrected chi connectivity index (χ3v) is 2.47. The standard InChI is InChI=1S/C9H17NO4/c1-13-9(12)4-6-2-3-7(10)8(5-11)14-6/h6-8,11H,2-5,10H2,1H3/t6-,7-,8-/m1/s1. The summed E-state index contributed by atoms with van der Waals surface area (Å²) >= 11 is 0. The summed E-state index contributed by atoms with van der Waals surface area (Å²) in [5, 5.41) is 8.95. The molecule has 1 rings (SSSR count). The summed E-state index contributed by atoms with van der Waals surface area (Å²) < 4.78 is 9.98. The number of esters is 1. The van der Waals surface area contributed by atoms with Crippen LogP contribution in [-0.2, 0) is 14.3 Å². The fraction of sp³-hybridized carbons (Fsp3) is 0.889. The van der Waals surface area contributed by atoms with Gasteiger partial charge in [0.15, 0.2) is 0 Å². The van der Waals surface area contributed by atoms with Gasteiger partial charge in [-0.25, -0.2) is 0 Å². The normalized spacial score (nSPS) is 32.6. The number of rotatable bonds is 3. The van der Waals surface area contributed by atoms with Crippen LogP contribution in [0.3, 0.4) is 0 Å². The largest absolute Gasteiger partial charge is 0.469 e. The number of ether oxygens (including phenoxy) is 2. The minimum absolute atomic E-state index is 0.0984. The van der Waals surface area contributed by atoms with Crippen molar-refractivity contribution < 1.29 is 19.4 Å². The van der Waals surface area contributed by atoms with E-state index in [9.17, 15) is 4.79 Å². The molecule has 0 spiro atoms. The van der Waals surface area contributed by atoms with Gasteiger partial charge in [0.25, 0.3) is 0 Å². The molecule has 0 radical (unpaired) electrons. The predicted octanol–water partition coefficient (Wildman–Crippen LogP) is -0.583. The zero-order chi connectivity index (χ0) is 10.6. The van der Waals surface area contributed by atoms with Crippen LogP contribution in [0.25, 0.3) is 0 Å². The molecule has 0 saturated carbocycles. The van der Waals surface area contributed by atoms with Crippen molar-refractivity contribution in [3.8, 4) is 0 Å². The lowest BCUT2D eigenvalue weighted by atomic mass is 9.98. The minimum Gasteiger partial charge on any atom is -0.469 e. The molecule has 1 fully saturated rings. The summed E-state index contributed by atoms with van der Waals surface area (Å²) in [4.78, 5) is 11.0. The lowest BCUT2D eigenvalue weighted by Crippen LogP contribution is -2.46. The number of hydrogen-bond donors (Lipinski definition) is 2. The van der Waals surface area contributed by atoms with Gasteiger partial charge >= 0.3 is 5.97 Å². The quantitative estimate of drug-likeness (QED) is 0.599. The molecule has 5 heteroatoms. The van der Waals surface area contributed by atoms with E-state index in [1.807, 2.05) is 0 Å². The third kappa shape index (κ3) is 2.94. The summed E-state index contributed by atoms with van der Waals surface area (Å²) in [7, 11) is 1.35. The van der Waals surface area contributed by atoms with Crippen LogP contribution < -0.4 is 5.73 Å². The molecule has 0 amide bonds. The lowest BCUT2D eigenvalue weighted by molar-refractivity contribution is -0.148. The van der Waals surface area contributed by atoms with Crippen molar-refractivity contribution in [2.45, 2.75) is 37.5 Å². The maximum atomic E-state index is 11.0. The summed E-state index contributed by atoms with van der Waals surface area (Å²) in [6.07, 6.45) is 1.23. The number of aliphatic hydroxyl groups excluding tert-OH is 1. The second kappa shape index (κ2) is 5.29. The molecule has 1 aliphatic rings. The lowest BCUT2D eigenvalue weighted by Gasteiger charge is -2.33. The van der Waals surface area contributed by atoms with Crippen molar-refractivity contribution in [2.24, 2.45) is 5.73 Å². The summed E-state index contributed by atoms with van der Waals surface area (Å²) in [5.41, 5.74) is 5.71. The number of nitrogens with two attached hydrogens (primary N) is 1. The Kier molecular flexibility index (Phi) is 4.31. The van der Waals surface area contributed by atoms with E-state index in [1.165, 1.54) is 7.11 Å². The maximum Gasteiger partial charge on any atom is 0.308 e. The van der Waals surface area contributed by atoms with Gasteiger partial charge in [-0.15, -0.1) is 0 Å². The first-order valence-electron chi connectivity index (χ1n) is 4.76. The fourth-order valence-corrected chi connectivity index (χ4v) is 1.58. The maximum absolute atomic E-state index is 11.0. The fourth-order valence-electron chi connectivity index (χ4n) is 1.58. The Morgan fingerprint density at radius 1 is 1.64 bits per heavy atom. The van der Waals surface area contributed by atoms with Crippen molar-refractivity contribution in [2.75, 3.05) is 13.7 Å². The molecule has 3 atom stereocenters. The van der Waals surface area contributed by atoms with Gasteiger partial charge in [-0.1, -0.05) is 0 Å². The van der Waals surface area contributed by atoms with Crippen molar-refractivity contribution in [1.29, 1.82) is 0 Å². The molecule has 0 aromatic carbocycles. The molecular formula is C9H17NO4. The van der Waals surface area contributed by atoms with Gasteiger partial charge in [-0.05, 0) is 12.8 Å². The van der Waals surface area contributed by atoms with Crippen molar-refractivity contribution in [1.82, 2.24) is 0 Å². The molecular weight excluding hydrogens is 186 g/mol. The SMILES string of the molecule is COC(=O)C[C@H]1CC[C@@H](N)[C@@H](CO)O1. The smallest absolute Gasteiger partial charge is 0.308 e. The first-order chi connectivity index (χ1) is 6.67. The Hall–Kier alpha value is -0.650. The van der Waals surface area contributed by atoms with Gasteiger partial charge in [0, 0.05) is 6.04 Å². The zero-order valence-electron chi connectivity index (χ0n) is 8.31. The number of hydrogen-bond acceptors (Lipinski definition) is 5. The van der Waals surface area contributed by atoms with E-state index < -0.39 is 0 Å². The van der Waals surface area contributed by atoms with E-state index in [-0.39, 0.29) is 37.2 Å². The number of carbonyl (C=O) groups excluding carboxylic acids is 1. The van der Waals surface area contributed by atoms with E-state index in [0.717, 1.165) is 12.8 Å². The molecule has 1 heterocycles. The van der Waals surface area contributed by atoms with E-state index >= 15 is 0 Å². The number of carbonyl (C=O) groups is 1. The van der Waals surface area contributed by atoms with E-state index in [4.69, 9.17) is 15.6 Å². The molecule has 1 aliphatic heterocycles. The molecule has 0 aliphatic carbocycles. The van der Waals surface area contributed by atoms with Crippen molar-refractivity contribution in [3.63, 3.8) is 0 Å². The van der Waals surface area contributed by atoms with Gasteiger partial charge in [-0.2, -0.15) is 0 Å². The zero-order valence-corrected chi connectivity index (χ0v) is 8.31. The highest BCUT2D eigenvalue weighted by Gasteiger charge is 2.29. The van der Waals surface area contributed by atoms with Gasteiger partial charge in [-0.3, -0.25) is 4.79 Å².